The third-order valence-corrected chi connectivity index (χ3v) is 13.0. The quantitative estimate of drug-likeness (QED) is 0.404. The van der Waals surface area contributed by atoms with E-state index in [1.807, 2.05) is 0 Å². The van der Waals surface area contributed by atoms with Crippen molar-refractivity contribution < 1.29 is 50.7 Å². The smallest absolute Gasteiger partial charge is 0.372 e. The molecule has 0 aromatic heterocycles. The molecular formula is C8H22AlO11P3. The van der Waals surface area contributed by atoms with Crippen molar-refractivity contribution in [3.05, 3.63) is 0 Å². The maximum absolute atomic E-state index is 12.9. The van der Waals surface area contributed by atoms with E-state index >= 15 is 0 Å². The zero-order valence-corrected chi connectivity index (χ0v) is 15.6. The van der Waals surface area contributed by atoms with Gasteiger partial charge in [-0.3, -0.25) is 13.7 Å². The summed E-state index contributed by atoms with van der Waals surface area (Å²) >= 11 is 0. The fourth-order valence-electron chi connectivity index (χ4n) is 1.79. The van der Waals surface area contributed by atoms with Crippen molar-refractivity contribution in [2.45, 2.75) is 4.64 Å². The maximum Gasteiger partial charge on any atom is 0.372 e. The van der Waals surface area contributed by atoms with E-state index < -0.39 is 33.4 Å². The molecule has 0 aromatic rings. The van der Waals surface area contributed by atoms with Gasteiger partial charge in [0.1, 0.15) is 0 Å². The summed E-state index contributed by atoms with van der Waals surface area (Å²) in [7, 11) is -9.86. The summed E-state index contributed by atoms with van der Waals surface area (Å²) in [6.07, 6.45) is 0. The molecule has 0 aliphatic rings. The minimum atomic E-state index is -4.91. The first kappa shape index (κ1) is 25.7. The molecule has 0 aliphatic heterocycles. The van der Waals surface area contributed by atoms with Crippen molar-refractivity contribution in [1.29, 1.82) is 0 Å². The van der Waals surface area contributed by atoms with Gasteiger partial charge in [-0.05, 0) is 0 Å². The molecule has 0 heterocycles. The van der Waals surface area contributed by atoms with Gasteiger partial charge in [-0.2, -0.15) is 0 Å². The summed E-state index contributed by atoms with van der Waals surface area (Å²) in [6, 6.07) is 0. The van der Waals surface area contributed by atoms with Gasteiger partial charge in [-0.1, -0.05) is 0 Å². The summed E-state index contributed by atoms with van der Waals surface area (Å²) in [5.74, 6) is -2.13. The molecule has 0 aliphatic carbocycles. The number of hydrogen-bond donors (Lipinski definition) is 1. The molecule has 0 rings (SSSR count). The predicted molar refractivity (Wildman–Crippen MR) is 85.2 cm³/mol. The van der Waals surface area contributed by atoms with E-state index in [0.29, 0.717) is 0 Å². The third-order valence-electron chi connectivity index (χ3n) is 2.87. The molecule has 0 radical (unpaired) electrons. The molecule has 1 N–H and O–H groups in total. The van der Waals surface area contributed by atoms with E-state index in [4.69, 9.17) is 0 Å². The van der Waals surface area contributed by atoms with Gasteiger partial charge in [0.2, 0.25) is 0 Å². The second kappa shape index (κ2) is 9.23. The lowest BCUT2D eigenvalue weighted by molar-refractivity contribution is -0.137. The van der Waals surface area contributed by atoms with Crippen molar-refractivity contribution in [2.24, 2.45) is 0 Å². The van der Waals surface area contributed by atoms with Crippen molar-refractivity contribution >= 4 is 46.1 Å². The van der Waals surface area contributed by atoms with Crippen LogP contribution in [0.3, 0.4) is 0 Å². The van der Waals surface area contributed by atoms with E-state index in [9.17, 15) is 23.6 Å². The Labute approximate surface area is 144 Å². The van der Waals surface area contributed by atoms with E-state index in [1.54, 1.807) is 0 Å². The number of aliphatic carboxylic acids is 1. The van der Waals surface area contributed by atoms with Crippen molar-refractivity contribution in [2.75, 3.05) is 42.7 Å². The Morgan fingerprint density at radius 3 is 0.957 bits per heavy atom. The molecule has 11 nitrogen and oxygen atoms in total. The normalized spacial score (nSPS) is 13.5. The van der Waals surface area contributed by atoms with Crippen LogP contribution < -0.4 is 0 Å². The maximum atomic E-state index is 12.9. The Hall–Kier alpha value is 0.452. The molecule has 0 bridgehead atoms. The molecule has 0 fully saturated rings. The van der Waals surface area contributed by atoms with Crippen LogP contribution in [-0.2, 0) is 45.6 Å². The molecule has 138 valence electrons. The highest BCUT2D eigenvalue weighted by Gasteiger charge is 2.82. The predicted octanol–water partition coefficient (Wildman–Crippen LogP) is 0.999. The highest BCUT2D eigenvalue weighted by Crippen LogP contribution is 2.90. The summed E-state index contributed by atoms with van der Waals surface area (Å²) in [4.78, 5) is 11.9. The average molecular weight is 414 g/mol. The van der Waals surface area contributed by atoms with Crippen LogP contribution in [0, 0.1) is 0 Å². The van der Waals surface area contributed by atoms with Gasteiger partial charge in [-0.25, -0.2) is 4.79 Å². The number of carboxylic acids is 1. The van der Waals surface area contributed by atoms with Gasteiger partial charge in [-0.15, -0.1) is 0 Å². The second-order valence-electron chi connectivity index (χ2n) is 3.53. The van der Waals surface area contributed by atoms with Crippen LogP contribution in [0.5, 0.6) is 0 Å². The van der Waals surface area contributed by atoms with E-state index in [0.717, 1.165) is 42.7 Å². The molecule has 0 atom stereocenters. The summed E-state index contributed by atoms with van der Waals surface area (Å²) < 4.78 is 62.8. The van der Waals surface area contributed by atoms with Crippen LogP contribution >= 0.6 is 22.8 Å². The Bertz CT molecular complexity index is 461. The second-order valence-corrected chi connectivity index (χ2v) is 11.8. The van der Waals surface area contributed by atoms with E-state index in [2.05, 4.69) is 27.1 Å². The molecule has 0 amide bonds. The van der Waals surface area contributed by atoms with Crippen LogP contribution in [-0.4, -0.2) is 75.7 Å². The summed E-state index contributed by atoms with van der Waals surface area (Å²) in [5.41, 5.74) is 0. The van der Waals surface area contributed by atoms with Crippen LogP contribution in [0.4, 0.5) is 0 Å². The molecule has 15 heteroatoms. The van der Waals surface area contributed by atoms with E-state index in [1.165, 1.54) is 0 Å². The van der Waals surface area contributed by atoms with Gasteiger partial charge in [0.15, 0.2) is 17.4 Å². The van der Waals surface area contributed by atoms with Crippen molar-refractivity contribution in [3.63, 3.8) is 0 Å². The number of rotatable bonds is 10. The zero-order valence-electron chi connectivity index (χ0n) is 12.9. The standard InChI is InChI=1S/C8H19O11P3.Al.3H/c1-14-20(11,15-2)8(7(9)10,21(12,16-3)17-4)22(13,18-5)19-6;;;;/h1-6H3,(H,9,10);;;;. The number of carboxylic acid groups (broad SMARTS) is 1. The Morgan fingerprint density at radius 2 is 0.870 bits per heavy atom. The lowest BCUT2D eigenvalue weighted by Crippen LogP contribution is -2.41. The first-order valence-electron chi connectivity index (χ1n) is 5.44. The lowest BCUT2D eigenvalue weighted by atomic mass is 10.8. The third kappa shape index (κ3) is 3.55. The summed E-state index contributed by atoms with van der Waals surface area (Å²) in [6.45, 7) is 0. The van der Waals surface area contributed by atoms with Crippen molar-refractivity contribution in [3.8, 4) is 0 Å². The van der Waals surface area contributed by atoms with Crippen LogP contribution in [0.2, 0.25) is 0 Å². The lowest BCUT2D eigenvalue weighted by Gasteiger charge is -2.39. The monoisotopic (exact) mass is 414 g/mol. The fourth-order valence-corrected chi connectivity index (χ4v) is 11.0. The Morgan fingerprint density at radius 1 is 0.696 bits per heavy atom. The molecule has 23 heavy (non-hydrogen) atoms. The van der Waals surface area contributed by atoms with Crippen molar-refractivity contribution in [1.82, 2.24) is 0 Å². The Balaban J connectivity index is 0. The minimum Gasteiger partial charge on any atom is -0.479 e. The number of hydrogen-bond acceptors (Lipinski definition) is 10. The highest BCUT2D eigenvalue weighted by atomic mass is 31.3. The number of carbonyl (C=O) groups is 1. The highest BCUT2D eigenvalue weighted by molar-refractivity contribution is 7.92. The first-order chi connectivity index (χ1) is 10.1. The molecule has 0 saturated carbocycles. The van der Waals surface area contributed by atoms with Crippen LogP contribution in [0.15, 0.2) is 0 Å². The van der Waals surface area contributed by atoms with E-state index in [-0.39, 0.29) is 17.4 Å². The van der Waals surface area contributed by atoms with Gasteiger partial charge in [0.05, 0.1) is 0 Å². The zero-order chi connectivity index (χ0) is 17.8. The first-order valence-corrected chi connectivity index (χ1v) is 10.1. The minimum absolute atomic E-state index is 0. The average Bonchev–Trinajstić information content (AvgIpc) is 2.53. The SMILES string of the molecule is COP(=O)(OC)C(C(=O)O)(P(=O)(OC)OC)P(=O)(OC)OC.[AlH3]. The Kier molecular flexibility index (Phi) is 10.3. The summed E-state index contributed by atoms with van der Waals surface area (Å²) in [5, 5.41) is 9.62. The molecule has 0 unspecified atom stereocenters. The molecule has 0 saturated heterocycles. The van der Waals surface area contributed by atoms with Gasteiger partial charge >= 0.3 is 33.4 Å². The topological polar surface area (TPSA) is 144 Å². The largest absolute Gasteiger partial charge is 0.479 e. The van der Waals surface area contributed by atoms with Gasteiger partial charge in [0, 0.05) is 42.7 Å². The van der Waals surface area contributed by atoms with Crippen LogP contribution in [0.1, 0.15) is 0 Å². The van der Waals surface area contributed by atoms with Gasteiger partial charge in [0.25, 0.3) is 0 Å². The van der Waals surface area contributed by atoms with Gasteiger partial charge < -0.3 is 32.2 Å². The van der Waals surface area contributed by atoms with Crippen LogP contribution in [0.25, 0.3) is 0 Å². The molecule has 0 aromatic carbocycles. The molecule has 0 spiro atoms. The fraction of sp³-hybridized carbons (Fsp3) is 0.875. The molecular weight excluding hydrogens is 392 g/mol.